The summed E-state index contributed by atoms with van der Waals surface area (Å²) in [5, 5.41) is 12.1. The van der Waals surface area contributed by atoms with E-state index in [1.54, 1.807) is 49.7 Å². The SMILES string of the molecule is COc1ccc(NC(=O)/C(C#N)=C\N2CCN(c3ccccc3F)CC2)cc1. The van der Waals surface area contributed by atoms with Crippen molar-refractivity contribution in [1.82, 2.24) is 4.90 Å². The van der Waals surface area contributed by atoms with Crippen LogP contribution in [0.3, 0.4) is 0 Å². The predicted octanol–water partition coefficient (Wildman–Crippen LogP) is 3.00. The summed E-state index contributed by atoms with van der Waals surface area (Å²) in [6.07, 6.45) is 1.57. The molecular formula is C21H21FN4O2. The summed E-state index contributed by atoms with van der Waals surface area (Å²) in [4.78, 5) is 16.3. The number of hydrogen-bond acceptors (Lipinski definition) is 5. The van der Waals surface area contributed by atoms with Crippen molar-refractivity contribution in [3.63, 3.8) is 0 Å². The average Bonchev–Trinajstić information content (AvgIpc) is 2.73. The highest BCUT2D eigenvalue weighted by molar-refractivity contribution is 6.06. The largest absolute Gasteiger partial charge is 0.497 e. The highest BCUT2D eigenvalue weighted by Gasteiger charge is 2.19. The lowest BCUT2D eigenvalue weighted by Gasteiger charge is -2.35. The smallest absolute Gasteiger partial charge is 0.267 e. The molecule has 0 spiro atoms. The van der Waals surface area contributed by atoms with Gasteiger partial charge >= 0.3 is 0 Å². The van der Waals surface area contributed by atoms with Gasteiger partial charge in [0.2, 0.25) is 0 Å². The van der Waals surface area contributed by atoms with Gasteiger partial charge in [0, 0.05) is 38.1 Å². The van der Waals surface area contributed by atoms with Gasteiger partial charge < -0.3 is 19.9 Å². The number of piperazine rings is 1. The normalized spacial score (nSPS) is 14.4. The molecule has 0 radical (unpaired) electrons. The fourth-order valence-corrected chi connectivity index (χ4v) is 2.99. The van der Waals surface area contributed by atoms with Gasteiger partial charge in [0.05, 0.1) is 12.8 Å². The van der Waals surface area contributed by atoms with E-state index in [-0.39, 0.29) is 11.4 Å². The Labute approximate surface area is 163 Å². The molecule has 28 heavy (non-hydrogen) atoms. The van der Waals surface area contributed by atoms with Crippen LogP contribution < -0.4 is 15.0 Å². The van der Waals surface area contributed by atoms with Gasteiger partial charge in [-0.15, -0.1) is 0 Å². The maximum absolute atomic E-state index is 13.9. The fraction of sp³-hybridized carbons (Fsp3) is 0.238. The molecule has 1 saturated heterocycles. The van der Waals surface area contributed by atoms with E-state index in [1.807, 2.05) is 21.9 Å². The van der Waals surface area contributed by atoms with E-state index >= 15 is 0 Å². The molecule has 2 aromatic rings. The minimum Gasteiger partial charge on any atom is -0.497 e. The lowest BCUT2D eigenvalue weighted by Crippen LogP contribution is -2.44. The van der Waals surface area contributed by atoms with E-state index in [4.69, 9.17) is 4.74 Å². The number of nitrogens with one attached hydrogen (secondary N) is 1. The number of amides is 1. The van der Waals surface area contributed by atoms with Crippen LogP contribution in [0.2, 0.25) is 0 Å². The second-order valence-corrected chi connectivity index (χ2v) is 6.31. The highest BCUT2D eigenvalue weighted by atomic mass is 19.1. The van der Waals surface area contributed by atoms with Crippen molar-refractivity contribution in [2.24, 2.45) is 0 Å². The van der Waals surface area contributed by atoms with Gasteiger partial charge in [-0.1, -0.05) is 12.1 Å². The molecule has 1 amide bonds. The minimum atomic E-state index is -0.468. The zero-order valence-electron chi connectivity index (χ0n) is 15.6. The van der Waals surface area contributed by atoms with Crippen molar-refractivity contribution in [3.05, 3.63) is 66.1 Å². The Bertz CT molecular complexity index is 897. The van der Waals surface area contributed by atoms with Gasteiger partial charge in [0.15, 0.2) is 0 Å². The number of rotatable bonds is 5. The van der Waals surface area contributed by atoms with Crippen LogP contribution in [0.4, 0.5) is 15.8 Å². The first-order valence-corrected chi connectivity index (χ1v) is 8.91. The average molecular weight is 380 g/mol. The molecule has 1 fully saturated rings. The quantitative estimate of drug-likeness (QED) is 0.638. The summed E-state index contributed by atoms with van der Waals surface area (Å²) in [6, 6.07) is 15.5. The Morgan fingerprint density at radius 2 is 1.82 bits per heavy atom. The molecule has 0 unspecified atom stereocenters. The van der Waals surface area contributed by atoms with E-state index in [2.05, 4.69) is 5.32 Å². The molecule has 1 aliphatic heterocycles. The summed E-state index contributed by atoms with van der Waals surface area (Å²) in [6.45, 7) is 2.40. The second kappa shape index (κ2) is 8.91. The third-order valence-electron chi connectivity index (χ3n) is 4.53. The van der Waals surface area contributed by atoms with E-state index in [1.165, 1.54) is 6.07 Å². The van der Waals surface area contributed by atoms with Crippen molar-refractivity contribution >= 4 is 17.3 Å². The van der Waals surface area contributed by atoms with Crippen LogP contribution >= 0.6 is 0 Å². The lowest BCUT2D eigenvalue weighted by molar-refractivity contribution is -0.112. The van der Waals surface area contributed by atoms with E-state index < -0.39 is 5.91 Å². The van der Waals surface area contributed by atoms with Crippen LogP contribution in [0.5, 0.6) is 5.75 Å². The molecule has 0 saturated carbocycles. The van der Waals surface area contributed by atoms with Gasteiger partial charge in [-0.25, -0.2) is 4.39 Å². The van der Waals surface area contributed by atoms with Crippen LogP contribution in [0.15, 0.2) is 60.3 Å². The number of anilines is 2. The number of halogens is 1. The Kier molecular flexibility index (Phi) is 6.12. The molecule has 0 bridgehead atoms. The number of methoxy groups -OCH3 is 1. The first kappa shape index (κ1) is 19.2. The molecule has 0 atom stereocenters. The number of benzene rings is 2. The van der Waals surface area contributed by atoms with Crippen LogP contribution in [0, 0.1) is 17.1 Å². The predicted molar refractivity (Wildman–Crippen MR) is 106 cm³/mol. The fourth-order valence-electron chi connectivity index (χ4n) is 2.99. The first-order chi connectivity index (χ1) is 13.6. The number of nitrogens with zero attached hydrogens (tertiary/aromatic N) is 3. The number of carbonyl (C=O) groups excluding carboxylic acids is 1. The zero-order chi connectivity index (χ0) is 19.9. The third kappa shape index (κ3) is 4.60. The van der Waals surface area contributed by atoms with E-state index in [0.717, 1.165) is 0 Å². The summed E-state index contributed by atoms with van der Waals surface area (Å²) in [5.74, 6) is -0.0333. The highest BCUT2D eigenvalue weighted by Crippen LogP contribution is 2.20. The van der Waals surface area contributed by atoms with Gasteiger partial charge in [-0.2, -0.15) is 5.26 Å². The van der Waals surface area contributed by atoms with Crippen LogP contribution in [0.1, 0.15) is 0 Å². The molecule has 2 aromatic carbocycles. The minimum absolute atomic E-state index is 0.0233. The topological polar surface area (TPSA) is 68.6 Å². The first-order valence-electron chi connectivity index (χ1n) is 8.91. The molecule has 1 heterocycles. The van der Waals surface area contributed by atoms with E-state index in [9.17, 15) is 14.4 Å². The molecule has 144 valence electrons. The van der Waals surface area contributed by atoms with E-state index in [0.29, 0.717) is 43.3 Å². The van der Waals surface area contributed by atoms with Crippen LogP contribution in [-0.4, -0.2) is 44.1 Å². The molecule has 0 aliphatic carbocycles. The van der Waals surface area contributed by atoms with Crippen molar-refractivity contribution in [1.29, 1.82) is 5.26 Å². The van der Waals surface area contributed by atoms with Gasteiger partial charge in [-0.3, -0.25) is 4.79 Å². The standard InChI is InChI=1S/C21H21FN4O2/c1-28-18-8-6-17(7-9-18)24-21(27)16(14-23)15-25-10-12-26(13-11-25)20-5-3-2-4-19(20)22/h2-9,15H,10-13H2,1H3,(H,24,27)/b16-15-. The van der Waals surface area contributed by atoms with Crippen molar-refractivity contribution < 1.29 is 13.9 Å². The number of nitriles is 1. The Balaban J connectivity index is 1.61. The lowest BCUT2D eigenvalue weighted by atomic mass is 10.2. The Morgan fingerprint density at radius 1 is 1.14 bits per heavy atom. The number of ether oxygens (including phenoxy) is 1. The van der Waals surface area contributed by atoms with Crippen LogP contribution in [0.25, 0.3) is 0 Å². The molecule has 0 aromatic heterocycles. The van der Waals surface area contributed by atoms with Crippen molar-refractivity contribution in [2.45, 2.75) is 0 Å². The summed E-state index contributed by atoms with van der Waals surface area (Å²) in [7, 11) is 1.57. The van der Waals surface area contributed by atoms with Crippen LogP contribution in [-0.2, 0) is 4.79 Å². The molecule has 3 rings (SSSR count). The Morgan fingerprint density at radius 3 is 2.43 bits per heavy atom. The molecule has 6 nitrogen and oxygen atoms in total. The molecular weight excluding hydrogens is 359 g/mol. The zero-order valence-corrected chi connectivity index (χ0v) is 15.6. The molecule has 1 aliphatic rings. The monoisotopic (exact) mass is 380 g/mol. The van der Waals surface area contributed by atoms with Crippen molar-refractivity contribution in [3.8, 4) is 11.8 Å². The Hall–Kier alpha value is -3.53. The maximum Gasteiger partial charge on any atom is 0.267 e. The number of hydrogen-bond donors (Lipinski definition) is 1. The third-order valence-corrected chi connectivity index (χ3v) is 4.53. The summed E-state index contributed by atoms with van der Waals surface area (Å²) < 4.78 is 19.0. The van der Waals surface area contributed by atoms with Gasteiger partial charge in [0.25, 0.3) is 5.91 Å². The molecule has 1 N–H and O–H groups in total. The maximum atomic E-state index is 13.9. The molecule has 7 heteroatoms. The van der Waals surface area contributed by atoms with Crippen molar-refractivity contribution in [2.75, 3.05) is 43.5 Å². The number of carbonyl (C=O) groups is 1. The summed E-state index contributed by atoms with van der Waals surface area (Å²) in [5.41, 5.74) is 1.18. The van der Waals surface area contributed by atoms with Gasteiger partial charge in [-0.05, 0) is 36.4 Å². The van der Waals surface area contributed by atoms with Gasteiger partial charge in [0.1, 0.15) is 23.2 Å². The number of para-hydroxylation sites is 1. The summed E-state index contributed by atoms with van der Waals surface area (Å²) >= 11 is 0. The second-order valence-electron chi connectivity index (χ2n) is 6.31.